The van der Waals surface area contributed by atoms with E-state index < -0.39 is 0 Å². The molecule has 0 rings (SSSR count). The molecule has 1 N–H and O–H groups in total. The third-order valence-corrected chi connectivity index (χ3v) is 0.211. The van der Waals surface area contributed by atoms with Crippen LogP contribution in [0.3, 0.4) is 0 Å². The van der Waals surface area contributed by atoms with E-state index in [-0.39, 0.29) is 0 Å². The summed E-state index contributed by atoms with van der Waals surface area (Å²) in [7, 11) is 0. The van der Waals surface area contributed by atoms with Crippen LogP contribution in [0.4, 0.5) is 0 Å². The summed E-state index contributed by atoms with van der Waals surface area (Å²) in [6.45, 7) is 3.37. The van der Waals surface area contributed by atoms with Crippen molar-refractivity contribution in [3.05, 3.63) is 6.92 Å². The summed E-state index contributed by atoms with van der Waals surface area (Å²) in [6, 6.07) is 0. The Bertz CT molecular complexity index is 33.9. The molecule has 2 heteroatoms. The minimum atomic E-state index is 0.552. The van der Waals surface area contributed by atoms with Crippen LogP contribution in [-0.4, -0.2) is 11.4 Å². The van der Waals surface area contributed by atoms with Gasteiger partial charge in [-0.2, -0.15) is 0 Å². The van der Waals surface area contributed by atoms with Gasteiger partial charge in [-0.3, -0.25) is 0 Å². The second-order valence-electron chi connectivity index (χ2n) is 0.587. The van der Waals surface area contributed by atoms with Gasteiger partial charge in [-0.25, -0.2) is 0 Å². The van der Waals surface area contributed by atoms with Crippen LogP contribution < -0.4 is 0 Å². The zero-order valence-corrected chi connectivity index (χ0v) is 2.89. The Labute approximate surface area is 31.1 Å². The zero-order valence-electron chi connectivity index (χ0n) is 2.89. The number of oxime groups is 1. The Morgan fingerprint density at radius 2 is 2.60 bits per heavy atom. The van der Waals surface area contributed by atoms with Crippen LogP contribution in [0.15, 0.2) is 5.16 Å². The second kappa shape index (κ2) is 3.47. The lowest BCUT2D eigenvalue weighted by Crippen LogP contribution is -1.61. The van der Waals surface area contributed by atoms with E-state index in [0.717, 1.165) is 0 Å². The maximum absolute atomic E-state index is 7.60. The van der Waals surface area contributed by atoms with Crippen molar-refractivity contribution in [3.8, 4) is 0 Å². The van der Waals surface area contributed by atoms with E-state index in [1.165, 1.54) is 6.21 Å². The fourth-order valence-electron chi connectivity index (χ4n) is 0.0577. The number of hydrogen-bond acceptors (Lipinski definition) is 2. The van der Waals surface area contributed by atoms with Crippen LogP contribution in [0.2, 0.25) is 0 Å². The molecule has 0 saturated heterocycles. The van der Waals surface area contributed by atoms with Crippen molar-refractivity contribution < 1.29 is 5.21 Å². The van der Waals surface area contributed by atoms with Crippen molar-refractivity contribution >= 4 is 6.21 Å². The molecule has 0 atom stereocenters. The van der Waals surface area contributed by atoms with E-state index in [4.69, 9.17) is 5.21 Å². The summed E-state index contributed by atoms with van der Waals surface area (Å²) in [5, 5.41) is 10.3. The highest BCUT2D eigenvalue weighted by atomic mass is 16.4. The Hall–Kier alpha value is -0.530. The molecule has 0 fully saturated rings. The lowest BCUT2D eigenvalue weighted by atomic mass is 10.6. The quantitative estimate of drug-likeness (QED) is 0.275. The molecule has 1 radical (unpaired) electrons. The first kappa shape index (κ1) is 4.47. The predicted molar refractivity (Wildman–Crippen MR) is 20.3 cm³/mol. The van der Waals surface area contributed by atoms with Crippen molar-refractivity contribution in [1.29, 1.82) is 0 Å². The highest BCUT2D eigenvalue weighted by molar-refractivity contribution is 5.56. The minimum absolute atomic E-state index is 0.552. The molecule has 0 aliphatic heterocycles. The summed E-state index contributed by atoms with van der Waals surface area (Å²) in [5.41, 5.74) is 0. The van der Waals surface area contributed by atoms with Gasteiger partial charge < -0.3 is 5.21 Å². The van der Waals surface area contributed by atoms with Crippen LogP contribution in [0.25, 0.3) is 0 Å². The lowest BCUT2D eigenvalue weighted by molar-refractivity contribution is 0.321. The van der Waals surface area contributed by atoms with Crippen molar-refractivity contribution in [2.45, 2.75) is 6.42 Å². The van der Waals surface area contributed by atoms with E-state index in [0.29, 0.717) is 6.42 Å². The zero-order chi connectivity index (χ0) is 4.12. The molecule has 0 spiro atoms. The van der Waals surface area contributed by atoms with E-state index in [1.54, 1.807) is 0 Å². The van der Waals surface area contributed by atoms with Crippen LogP contribution in [0.5, 0.6) is 0 Å². The topological polar surface area (TPSA) is 32.6 Å². The fraction of sp³-hybridized carbons (Fsp3) is 0.333. The van der Waals surface area contributed by atoms with E-state index in [9.17, 15) is 0 Å². The molecule has 0 aliphatic rings. The molecule has 5 heavy (non-hydrogen) atoms. The van der Waals surface area contributed by atoms with E-state index in [2.05, 4.69) is 12.1 Å². The second-order valence-corrected chi connectivity index (χ2v) is 0.587. The lowest BCUT2D eigenvalue weighted by Gasteiger charge is -1.64. The van der Waals surface area contributed by atoms with Crippen molar-refractivity contribution in [2.75, 3.05) is 0 Å². The molecule has 2 nitrogen and oxygen atoms in total. The summed E-state index contributed by atoms with van der Waals surface area (Å²) in [6.07, 6.45) is 1.87. The number of nitrogens with zero attached hydrogens (tertiary/aromatic N) is 1. The molecule has 0 aromatic rings. The van der Waals surface area contributed by atoms with Gasteiger partial charge in [0, 0.05) is 6.21 Å². The smallest absolute Gasteiger partial charge is 0.0435 e. The molecule has 0 saturated carbocycles. The van der Waals surface area contributed by atoms with E-state index >= 15 is 0 Å². The van der Waals surface area contributed by atoms with Gasteiger partial charge in [-0.1, -0.05) is 0 Å². The van der Waals surface area contributed by atoms with E-state index in [1.807, 2.05) is 0 Å². The first-order valence-corrected chi connectivity index (χ1v) is 1.37. The molecular weight excluding hydrogens is 66.0 g/mol. The molecule has 0 heterocycles. The molecule has 29 valence electrons. The molecule has 0 unspecified atom stereocenters. The van der Waals surface area contributed by atoms with Crippen LogP contribution >= 0.6 is 0 Å². The normalized spacial score (nSPS) is 9.80. The van der Waals surface area contributed by atoms with Gasteiger partial charge >= 0.3 is 0 Å². The highest BCUT2D eigenvalue weighted by Crippen LogP contribution is 1.59. The predicted octanol–water partition coefficient (Wildman–Crippen LogP) is 0.671. The Balaban J connectivity index is 2.62. The van der Waals surface area contributed by atoms with Crippen molar-refractivity contribution in [2.24, 2.45) is 5.16 Å². The Morgan fingerprint density at radius 1 is 2.00 bits per heavy atom. The molecule has 0 amide bonds. The molecule has 0 bridgehead atoms. The average molecular weight is 72.1 g/mol. The van der Waals surface area contributed by atoms with Crippen molar-refractivity contribution in [3.63, 3.8) is 0 Å². The van der Waals surface area contributed by atoms with Crippen molar-refractivity contribution in [1.82, 2.24) is 0 Å². The van der Waals surface area contributed by atoms with Gasteiger partial charge in [-0.15, -0.1) is 5.16 Å². The summed E-state index contributed by atoms with van der Waals surface area (Å²) >= 11 is 0. The highest BCUT2D eigenvalue weighted by Gasteiger charge is 1.55. The van der Waals surface area contributed by atoms with Gasteiger partial charge in [-0.05, 0) is 13.3 Å². The molecule has 0 aromatic heterocycles. The molecule has 0 aliphatic carbocycles. The maximum Gasteiger partial charge on any atom is 0.0435 e. The van der Waals surface area contributed by atoms with Crippen LogP contribution in [0.1, 0.15) is 6.42 Å². The summed E-state index contributed by atoms with van der Waals surface area (Å²) < 4.78 is 0. The first-order valence-electron chi connectivity index (χ1n) is 1.37. The number of rotatable bonds is 1. The SMILES string of the molecule is [CH2]C/C=N/O. The Kier molecular flexibility index (Phi) is 3.10. The summed E-state index contributed by atoms with van der Waals surface area (Å²) in [4.78, 5) is 0. The molecule has 0 aromatic carbocycles. The third-order valence-electron chi connectivity index (χ3n) is 0.211. The first-order chi connectivity index (χ1) is 2.41. The Morgan fingerprint density at radius 3 is 2.60 bits per heavy atom. The fourth-order valence-corrected chi connectivity index (χ4v) is 0.0577. The number of hydrogen-bond donors (Lipinski definition) is 1. The van der Waals surface area contributed by atoms with Gasteiger partial charge in [0.15, 0.2) is 0 Å². The molecular formula is C3H6NO. The summed E-state index contributed by atoms with van der Waals surface area (Å²) in [5.74, 6) is 0. The minimum Gasteiger partial charge on any atom is -0.411 e. The monoisotopic (exact) mass is 72.0 g/mol. The van der Waals surface area contributed by atoms with Gasteiger partial charge in [0.2, 0.25) is 0 Å². The average Bonchev–Trinajstić information content (AvgIpc) is 1.41. The van der Waals surface area contributed by atoms with Crippen LogP contribution in [-0.2, 0) is 0 Å². The van der Waals surface area contributed by atoms with Crippen LogP contribution in [0, 0.1) is 6.92 Å². The van der Waals surface area contributed by atoms with Gasteiger partial charge in [0.1, 0.15) is 0 Å². The largest absolute Gasteiger partial charge is 0.411 e. The third kappa shape index (κ3) is 3.47. The standard InChI is InChI=1S/C3H6NO/c1-2-3-4-5/h3,5H,1-2H2/b4-3+. The van der Waals surface area contributed by atoms with Gasteiger partial charge in [0.25, 0.3) is 0 Å². The van der Waals surface area contributed by atoms with Gasteiger partial charge in [0.05, 0.1) is 0 Å². The maximum atomic E-state index is 7.60.